The van der Waals surface area contributed by atoms with Crippen molar-refractivity contribution in [1.82, 2.24) is 0 Å². The Morgan fingerprint density at radius 2 is 1.76 bits per heavy atom. The first-order valence-corrected chi connectivity index (χ1v) is 13.4. The molecule has 0 aliphatic carbocycles. The summed E-state index contributed by atoms with van der Waals surface area (Å²) in [5.74, 6) is -0.681. The van der Waals surface area contributed by atoms with E-state index in [0.717, 1.165) is 6.07 Å². The Bertz CT molecular complexity index is 1710. The van der Waals surface area contributed by atoms with Gasteiger partial charge in [-0.15, -0.1) is 10.2 Å². The van der Waals surface area contributed by atoms with Gasteiger partial charge in [0.2, 0.25) is 0 Å². The molecule has 0 saturated heterocycles. The van der Waals surface area contributed by atoms with Crippen LogP contribution in [0.3, 0.4) is 0 Å². The number of benzene rings is 4. The van der Waals surface area contributed by atoms with Gasteiger partial charge >= 0.3 is 0 Å². The maximum absolute atomic E-state index is 13.2. The largest absolute Gasteiger partial charge is 0.505 e. The van der Waals surface area contributed by atoms with E-state index >= 15 is 0 Å². The number of hydrogen-bond donors (Lipinski definition) is 3. The van der Waals surface area contributed by atoms with Crippen LogP contribution in [0.2, 0.25) is 10.0 Å². The molecule has 0 aliphatic heterocycles. The van der Waals surface area contributed by atoms with Gasteiger partial charge in [0.05, 0.1) is 22.9 Å². The topological polar surface area (TPSA) is 138 Å². The zero-order valence-electron chi connectivity index (χ0n) is 20.1. The quantitative estimate of drug-likeness (QED) is 0.155. The minimum atomic E-state index is -4.69. The predicted octanol–water partition coefficient (Wildman–Crippen LogP) is 7.47. The number of rotatable bonds is 7. The number of aryl methyl sites for hydroxylation is 1. The van der Waals surface area contributed by atoms with Gasteiger partial charge in [-0.05, 0) is 55.1 Å². The highest BCUT2D eigenvalue weighted by molar-refractivity contribution is 7.86. The average molecular weight is 574 g/mol. The molecule has 0 radical (unpaired) electrons. The molecule has 9 nitrogen and oxygen atoms in total. The fraction of sp³-hybridized carbons (Fsp3) is 0.115. The third-order valence-electron chi connectivity index (χ3n) is 5.51. The number of aromatic hydroxyl groups is 1. The minimum Gasteiger partial charge on any atom is -0.505 e. The molecule has 0 heterocycles. The van der Waals surface area contributed by atoms with Crippen molar-refractivity contribution >= 4 is 67.1 Å². The van der Waals surface area contributed by atoms with Crippen LogP contribution < -0.4 is 10.1 Å². The Balaban J connectivity index is 1.82. The molecule has 0 bridgehead atoms. The lowest BCUT2D eigenvalue weighted by Crippen LogP contribution is -2.12. The van der Waals surface area contributed by atoms with Gasteiger partial charge in [0.15, 0.2) is 5.75 Å². The van der Waals surface area contributed by atoms with Crippen molar-refractivity contribution in [3.63, 3.8) is 0 Å². The van der Waals surface area contributed by atoms with Crippen molar-refractivity contribution < 1.29 is 27.6 Å². The van der Waals surface area contributed by atoms with Crippen LogP contribution in [0.15, 0.2) is 75.8 Å². The molecule has 0 atom stereocenters. The molecule has 0 spiro atoms. The van der Waals surface area contributed by atoms with Crippen LogP contribution >= 0.6 is 23.2 Å². The maximum atomic E-state index is 13.2. The number of nitrogens with one attached hydrogen (secondary N) is 1. The molecule has 4 aromatic rings. The Kier molecular flexibility index (Phi) is 7.89. The van der Waals surface area contributed by atoms with E-state index in [1.54, 1.807) is 49.4 Å². The van der Waals surface area contributed by atoms with E-state index in [1.165, 1.54) is 12.1 Å². The van der Waals surface area contributed by atoms with Gasteiger partial charge in [0.25, 0.3) is 16.0 Å². The molecule has 0 aliphatic rings. The number of carbonyl (C=O) groups excluding carboxylic acids is 1. The van der Waals surface area contributed by atoms with Gasteiger partial charge < -0.3 is 15.2 Å². The van der Waals surface area contributed by atoms with Crippen LogP contribution in [-0.2, 0) is 10.1 Å². The van der Waals surface area contributed by atoms with Gasteiger partial charge in [-0.1, -0.05) is 47.5 Å². The van der Waals surface area contributed by atoms with Gasteiger partial charge in [0, 0.05) is 16.5 Å². The first-order chi connectivity index (χ1) is 18.0. The maximum Gasteiger partial charge on any atom is 0.296 e. The fourth-order valence-corrected chi connectivity index (χ4v) is 4.70. The average Bonchev–Trinajstić information content (AvgIpc) is 2.86. The highest BCUT2D eigenvalue weighted by atomic mass is 35.5. The molecule has 0 fully saturated rings. The lowest BCUT2D eigenvalue weighted by molar-refractivity contribution is 0.102. The Labute approximate surface area is 228 Å². The molecular weight excluding hydrogens is 553 g/mol. The van der Waals surface area contributed by atoms with Crippen LogP contribution in [0.1, 0.15) is 22.8 Å². The summed E-state index contributed by atoms with van der Waals surface area (Å²) in [6.07, 6.45) is 0. The van der Waals surface area contributed by atoms with E-state index in [2.05, 4.69) is 15.5 Å². The summed E-state index contributed by atoms with van der Waals surface area (Å²) < 4.78 is 38.9. The second-order valence-electron chi connectivity index (χ2n) is 8.12. The lowest BCUT2D eigenvalue weighted by Gasteiger charge is -2.13. The molecule has 0 unspecified atom stereocenters. The number of phenols is 1. The molecular formula is C26H21Cl2N3O6S. The number of nitrogens with zero attached hydrogens (tertiary/aromatic N) is 2. The summed E-state index contributed by atoms with van der Waals surface area (Å²) in [5, 5.41) is 23.2. The number of ether oxygens (including phenoxy) is 1. The van der Waals surface area contributed by atoms with E-state index < -0.39 is 26.7 Å². The molecule has 4 rings (SSSR count). The normalized spacial score (nSPS) is 11.7. The Morgan fingerprint density at radius 3 is 2.47 bits per heavy atom. The molecule has 196 valence electrons. The van der Waals surface area contributed by atoms with Crippen LogP contribution in [0.25, 0.3) is 10.8 Å². The summed E-state index contributed by atoms with van der Waals surface area (Å²) in [7, 11) is -4.69. The van der Waals surface area contributed by atoms with Crippen molar-refractivity contribution in [2.75, 3.05) is 11.9 Å². The van der Waals surface area contributed by atoms with Crippen molar-refractivity contribution in [3.8, 4) is 11.5 Å². The van der Waals surface area contributed by atoms with Gasteiger partial charge in [-0.2, -0.15) is 8.42 Å². The standard InChI is InChI=1S/C26H21Cl2N3O6S/c1-3-37-16-8-9-19(27)21(12-16)29-26(33)18-11-15-6-4-5-7-17(15)24(25(18)32)31-30-22-10-14(2)20(28)13-23(22)38(34,35)36/h4-13,32H,3H2,1-2H3,(H,29,33)(H,34,35,36). The highest BCUT2D eigenvalue weighted by Gasteiger charge is 2.21. The molecule has 38 heavy (non-hydrogen) atoms. The van der Waals surface area contributed by atoms with Crippen LogP contribution in [0.4, 0.5) is 17.1 Å². The van der Waals surface area contributed by atoms with Crippen LogP contribution in [0, 0.1) is 6.92 Å². The monoisotopic (exact) mass is 573 g/mol. The van der Waals surface area contributed by atoms with Gasteiger partial charge in [-0.25, -0.2) is 0 Å². The van der Waals surface area contributed by atoms with Crippen molar-refractivity contribution in [1.29, 1.82) is 0 Å². The number of azo groups is 1. The highest BCUT2D eigenvalue weighted by Crippen LogP contribution is 2.41. The molecule has 0 aromatic heterocycles. The molecule has 3 N–H and O–H groups in total. The third kappa shape index (κ3) is 5.73. The smallest absolute Gasteiger partial charge is 0.296 e. The van der Waals surface area contributed by atoms with Crippen molar-refractivity contribution in [2.24, 2.45) is 10.2 Å². The summed E-state index contributed by atoms with van der Waals surface area (Å²) in [6.45, 7) is 3.86. The van der Waals surface area contributed by atoms with Gasteiger partial charge in [0.1, 0.15) is 22.0 Å². The van der Waals surface area contributed by atoms with Crippen LogP contribution in [-0.4, -0.2) is 30.6 Å². The number of anilines is 1. The van der Waals surface area contributed by atoms with Crippen LogP contribution in [0.5, 0.6) is 11.5 Å². The third-order valence-corrected chi connectivity index (χ3v) is 7.13. The molecule has 12 heteroatoms. The van der Waals surface area contributed by atoms with Gasteiger partial charge in [-0.3, -0.25) is 9.35 Å². The fourth-order valence-electron chi connectivity index (χ4n) is 3.67. The van der Waals surface area contributed by atoms with E-state index in [-0.39, 0.29) is 32.7 Å². The summed E-state index contributed by atoms with van der Waals surface area (Å²) in [4.78, 5) is 12.7. The van der Waals surface area contributed by atoms with E-state index in [9.17, 15) is 22.9 Å². The number of fused-ring (bicyclic) bond motifs is 1. The van der Waals surface area contributed by atoms with E-state index in [4.69, 9.17) is 27.9 Å². The second-order valence-corrected chi connectivity index (χ2v) is 10.3. The molecule has 4 aromatic carbocycles. The number of amides is 1. The molecule has 0 saturated carbocycles. The van der Waals surface area contributed by atoms with E-state index in [1.807, 2.05) is 6.92 Å². The number of phenolic OH excluding ortho intramolecular Hbond substituents is 1. The number of carbonyl (C=O) groups is 1. The Morgan fingerprint density at radius 1 is 1.03 bits per heavy atom. The zero-order chi connectivity index (χ0) is 27.6. The predicted molar refractivity (Wildman–Crippen MR) is 146 cm³/mol. The first kappa shape index (κ1) is 27.3. The lowest BCUT2D eigenvalue weighted by atomic mass is 10.0. The van der Waals surface area contributed by atoms with Crippen molar-refractivity contribution in [3.05, 3.63) is 81.8 Å². The first-order valence-electron chi connectivity index (χ1n) is 11.2. The van der Waals surface area contributed by atoms with Crippen molar-refractivity contribution in [2.45, 2.75) is 18.7 Å². The summed E-state index contributed by atoms with van der Waals surface area (Å²) in [6, 6.07) is 15.5. The summed E-state index contributed by atoms with van der Waals surface area (Å²) >= 11 is 12.3. The molecule has 1 amide bonds. The second kappa shape index (κ2) is 11.0. The zero-order valence-corrected chi connectivity index (χ0v) is 22.4. The minimum absolute atomic E-state index is 0.0868. The number of hydrogen-bond acceptors (Lipinski definition) is 7. The SMILES string of the molecule is CCOc1ccc(Cl)c(NC(=O)c2cc3ccccc3c(N=Nc3cc(C)c(Cl)cc3S(=O)(=O)O)c2O)c1. The number of halogens is 2. The summed E-state index contributed by atoms with van der Waals surface area (Å²) in [5.41, 5.74) is 0.343. The Hall–Kier alpha value is -3.70. The van der Waals surface area contributed by atoms with E-state index in [0.29, 0.717) is 28.7 Å².